The molecule has 0 saturated heterocycles. The van der Waals surface area contributed by atoms with E-state index in [4.69, 9.17) is 17.3 Å². The van der Waals surface area contributed by atoms with E-state index in [9.17, 15) is 0 Å². The van der Waals surface area contributed by atoms with E-state index >= 15 is 0 Å². The van der Waals surface area contributed by atoms with E-state index in [1.165, 1.54) is 5.69 Å². The van der Waals surface area contributed by atoms with Crippen LogP contribution in [0.25, 0.3) is 0 Å². The highest BCUT2D eigenvalue weighted by atomic mass is 35.5. The molecule has 14 heavy (non-hydrogen) atoms. The Labute approximate surface area is 89.0 Å². The Balaban J connectivity index is 2.39. The summed E-state index contributed by atoms with van der Waals surface area (Å²) in [7, 11) is 0. The first-order chi connectivity index (χ1) is 6.72. The lowest BCUT2D eigenvalue weighted by Gasteiger charge is -2.16. The van der Waals surface area contributed by atoms with Gasteiger partial charge in [0.2, 0.25) is 0 Å². The summed E-state index contributed by atoms with van der Waals surface area (Å²) in [6, 6.07) is 5.94. The minimum absolute atomic E-state index is 0.0728. The fourth-order valence-electron chi connectivity index (χ4n) is 1.87. The van der Waals surface area contributed by atoms with Gasteiger partial charge in [0.1, 0.15) is 0 Å². The van der Waals surface area contributed by atoms with Gasteiger partial charge in [0.25, 0.3) is 0 Å². The van der Waals surface area contributed by atoms with Crippen LogP contribution in [0.5, 0.6) is 0 Å². The van der Waals surface area contributed by atoms with Crippen molar-refractivity contribution in [1.29, 1.82) is 0 Å². The van der Waals surface area contributed by atoms with Crippen molar-refractivity contribution in [3.8, 4) is 0 Å². The Bertz CT molecular complexity index is 362. The molecule has 0 aromatic heterocycles. The first kappa shape index (κ1) is 9.56. The SMILES string of the molecule is C=CCN1CC(N)c2cc(Cl)ccc21. The fourth-order valence-corrected chi connectivity index (χ4v) is 2.05. The van der Waals surface area contributed by atoms with Crippen LogP contribution >= 0.6 is 11.6 Å². The van der Waals surface area contributed by atoms with Gasteiger partial charge in [-0.3, -0.25) is 0 Å². The molecule has 2 N–H and O–H groups in total. The molecule has 1 atom stereocenters. The van der Waals surface area contributed by atoms with Crippen LogP contribution in [-0.2, 0) is 0 Å². The van der Waals surface area contributed by atoms with Crippen molar-refractivity contribution in [2.45, 2.75) is 6.04 Å². The summed E-state index contributed by atoms with van der Waals surface area (Å²) in [5.74, 6) is 0. The summed E-state index contributed by atoms with van der Waals surface area (Å²) in [5, 5.41) is 0.750. The zero-order valence-corrected chi connectivity index (χ0v) is 8.67. The average molecular weight is 209 g/mol. The van der Waals surface area contributed by atoms with E-state index in [-0.39, 0.29) is 6.04 Å². The molecular weight excluding hydrogens is 196 g/mol. The number of nitrogens with two attached hydrogens (primary N) is 1. The third kappa shape index (κ3) is 1.51. The molecule has 1 aromatic carbocycles. The second-order valence-corrected chi connectivity index (χ2v) is 3.94. The molecule has 0 spiro atoms. The number of nitrogens with zero attached hydrogens (tertiary/aromatic N) is 1. The number of rotatable bonds is 2. The van der Waals surface area contributed by atoms with E-state index in [1.54, 1.807) is 0 Å². The highest BCUT2D eigenvalue weighted by Crippen LogP contribution is 2.34. The van der Waals surface area contributed by atoms with Crippen LogP contribution in [0.4, 0.5) is 5.69 Å². The monoisotopic (exact) mass is 208 g/mol. The molecule has 0 aliphatic carbocycles. The number of hydrogen-bond acceptors (Lipinski definition) is 2. The Morgan fingerprint density at radius 2 is 2.43 bits per heavy atom. The maximum Gasteiger partial charge on any atom is 0.0494 e. The van der Waals surface area contributed by atoms with E-state index in [2.05, 4.69) is 11.5 Å². The largest absolute Gasteiger partial charge is 0.366 e. The summed E-state index contributed by atoms with van der Waals surface area (Å²) in [5.41, 5.74) is 8.32. The first-order valence-electron chi connectivity index (χ1n) is 4.63. The molecule has 1 unspecified atom stereocenters. The molecule has 2 nitrogen and oxygen atoms in total. The van der Waals surface area contributed by atoms with Gasteiger partial charge in [-0.05, 0) is 23.8 Å². The van der Waals surface area contributed by atoms with Gasteiger partial charge in [-0.1, -0.05) is 17.7 Å². The van der Waals surface area contributed by atoms with Crippen LogP contribution in [0.2, 0.25) is 5.02 Å². The second kappa shape index (κ2) is 3.64. The molecule has 0 radical (unpaired) electrons. The van der Waals surface area contributed by atoms with Crippen molar-refractivity contribution in [2.24, 2.45) is 5.73 Å². The Kier molecular flexibility index (Phi) is 2.48. The van der Waals surface area contributed by atoms with Gasteiger partial charge < -0.3 is 10.6 Å². The number of fused-ring (bicyclic) bond motifs is 1. The van der Waals surface area contributed by atoms with Crippen LogP contribution in [-0.4, -0.2) is 13.1 Å². The van der Waals surface area contributed by atoms with Crippen molar-refractivity contribution < 1.29 is 0 Å². The number of benzene rings is 1. The molecule has 0 amide bonds. The van der Waals surface area contributed by atoms with Crippen LogP contribution in [0.1, 0.15) is 11.6 Å². The normalized spacial score (nSPS) is 19.6. The standard InChI is InChI=1S/C11H13ClN2/c1-2-5-14-7-10(13)9-6-8(12)3-4-11(9)14/h2-4,6,10H,1,5,7,13H2. The number of anilines is 1. The van der Waals surface area contributed by atoms with E-state index in [0.29, 0.717) is 0 Å². The topological polar surface area (TPSA) is 29.3 Å². The fraction of sp³-hybridized carbons (Fsp3) is 0.273. The van der Waals surface area contributed by atoms with E-state index in [0.717, 1.165) is 23.7 Å². The van der Waals surface area contributed by atoms with Gasteiger partial charge in [0, 0.05) is 29.8 Å². The molecule has 2 rings (SSSR count). The molecule has 3 heteroatoms. The third-order valence-corrected chi connectivity index (χ3v) is 2.73. The molecular formula is C11H13ClN2. The smallest absolute Gasteiger partial charge is 0.0494 e. The third-order valence-electron chi connectivity index (χ3n) is 2.50. The Morgan fingerprint density at radius 1 is 1.64 bits per heavy atom. The minimum atomic E-state index is 0.0728. The zero-order chi connectivity index (χ0) is 10.1. The second-order valence-electron chi connectivity index (χ2n) is 3.50. The van der Waals surface area contributed by atoms with Crippen molar-refractivity contribution >= 4 is 17.3 Å². The molecule has 0 bridgehead atoms. The zero-order valence-electron chi connectivity index (χ0n) is 7.91. The predicted octanol–water partition coefficient (Wildman–Crippen LogP) is 2.35. The maximum atomic E-state index is 6.00. The summed E-state index contributed by atoms with van der Waals surface area (Å²) < 4.78 is 0. The molecule has 0 saturated carbocycles. The van der Waals surface area contributed by atoms with Crippen molar-refractivity contribution in [1.82, 2.24) is 0 Å². The summed E-state index contributed by atoms with van der Waals surface area (Å²) in [6.45, 7) is 5.42. The van der Waals surface area contributed by atoms with E-state index in [1.807, 2.05) is 24.3 Å². The highest BCUT2D eigenvalue weighted by molar-refractivity contribution is 6.30. The lowest BCUT2D eigenvalue weighted by Crippen LogP contribution is -2.24. The van der Waals surface area contributed by atoms with Crippen molar-refractivity contribution in [2.75, 3.05) is 18.0 Å². The van der Waals surface area contributed by atoms with Crippen molar-refractivity contribution in [3.05, 3.63) is 41.4 Å². The quantitative estimate of drug-likeness (QED) is 0.756. The van der Waals surface area contributed by atoms with Crippen LogP contribution < -0.4 is 10.6 Å². The number of hydrogen-bond donors (Lipinski definition) is 1. The molecule has 74 valence electrons. The van der Waals surface area contributed by atoms with Crippen molar-refractivity contribution in [3.63, 3.8) is 0 Å². The van der Waals surface area contributed by atoms with Crippen LogP contribution in [0.3, 0.4) is 0 Å². The van der Waals surface area contributed by atoms with Gasteiger partial charge in [-0.25, -0.2) is 0 Å². The summed E-state index contributed by atoms with van der Waals surface area (Å²) >= 11 is 5.92. The maximum absolute atomic E-state index is 6.00. The Morgan fingerprint density at radius 3 is 3.14 bits per heavy atom. The van der Waals surface area contributed by atoms with Crippen LogP contribution in [0.15, 0.2) is 30.9 Å². The molecule has 1 aliphatic rings. The van der Waals surface area contributed by atoms with Gasteiger partial charge in [-0.15, -0.1) is 6.58 Å². The Hall–Kier alpha value is -0.990. The lowest BCUT2D eigenvalue weighted by atomic mass is 10.1. The predicted molar refractivity (Wildman–Crippen MR) is 60.8 cm³/mol. The molecule has 1 aliphatic heterocycles. The average Bonchev–Trinajstić information content (AvgIpc) is 2.44. The molecule has 1 heterocycles. The highest BCUT2D eigenvalue weighted by Gasteiger charge is 2.24. The summed E-state index contributed by atoms with van der Waals surface area (Å²) in [4.78, 5) is 2.21. The molecule has 0 fully saturated rings. The van der Waals surface area contributed by atoms with Gasteiger partial charge in [0.15, 0.2) is 0 Å². The number of halogens is 1. The van der Waals surface area contributed by atoms with Gasteiger partial charge >= 0.3 is 0 Å². The van der Waals surface area contributed by atoms with Crippen LogP contribution in [0, 0.1) is 0 Å². The van der Waals surface area contributed by atoms with Gasteiger partial charge in [0.05, 0.1) is 0 Å². The lowest BCUT2D eigenvalue weighted by molar-refractivity contribution is 0.745. The first-order valence-corrected chi connectivity index (χ1v) is 5.01. The molecule has 1 aromatic rings. The van der Waals surface area contributed by atoms with E-state index < -0.39 is 0 Å². The minimum Gasteiger partial charge on any atom is -0.366 e. The summed E-state index contributed by atoms with van der Waals surface area (Å²) in [6.07, 6.45) is 1.89. The van der Waals surface area contributed by atoms with Gasteiger partial charge in [-0.2, -0.15) is 0 Å².